The molecule has 0 aliphatic rings. The highest BCUT2D eigenvalue weighted by atomic mass is 79.9. The summed E-state index contributed by atoms with van der Waals surface area (Å²) in [5.41, 5.74) is -0.579. The van der Waals surface area contributed by atoms with Gasteiger partial charge in [-0.25, -0.2) is 0 Å². The molecule has 0 radical (unpaired) electrons. The molecule has 0 fully saturated rings. The Morgan fingerprint density at radius 2 is 1.62 bits per heavy atom. The minimum Gasteiger partial charge on any atom is -0.308 e. The van der Waals surface area contributed by atoms with Crippen molar-refractivity contribution in [2.45, 2.75) is 25.4 Å². The van der Waals surface area contributed by atoms with Gasteiger partial charge >= 0.3 is 7.60 Å². The van der Waals surface area contributed by atoms with Crippen molar-refractivity contribution in [2.75, 3.05) is 19.8 Å². The van der Waals surface area contributed by atoms with Gasteiger partial charge < -0.3 is 9.05 Å². The SMILES string of the molecule is CCOP(=O)(OCC)[C@@H](C(=O)c1ccccc1)[C@@H](C[N+](=O)[O-])c1ccccc1Br. The quantitative estimate of drug-likeness (QED) is 0.185. The van der Waals surface area contributed by atoms with Crippen LogP contribution in [0.15, 0.2) is 59.1 Å². The van der Waals surface area contributed by atoms with E-state index in [1.54, 1.807) is 68.4 Å². The summed E-state index contributed by atoms with van der Waals surface area (Å²) in [6, 6.07) is 15.1. The summed E-state index contributed by atoms with van der Waals surface area (Å²) in [7, 11) is -4.02. The van der Waals surface area contributed by atoms with Crippen LogP contribution in [0.3, 0.4) is 0 Å². The molecule has 7 nitrogen and oxygen atoms in total. The van der Waals surface area contributed by atoms with E-state index in [2.05, 4.69) is 15.9 Å². The standard InChI is InChI=1S/C20H23BrNO6P/c1-3-27-29(26,28-4-2)20(19(23)15-10-6-5-7-11-15)17(14-22(24)25)16-12-8-9-13-18(16)21/h5-13,17,20H,3-4,14H2,1-2H3/t17-,20+/m0/s1. The zero-order valence-electron chi connectivity index (χ0n) is 16.2. The number of benzene rings is 2. The molecule has 29 heavy (non-hydrogen) atoms. The topological polar surface area (TPSA) is 95.7 Å². The van der Waals surface area contributed by atoms with Crippen molar-refractivity contribution in [2.24, 2.45) is 0 Å². The number of ketones is 1. The Morgan fingerprint density at radius 1 is 1.07 bits per heavy atom. The lowest BCUT2D eigenvalue weighted by molar-refractivity contribution is -0.483. The molecule has 2 aromatic carbocycles. The molecule has 2 atom stereocenters. The number of halogens is 1. The Labute approximate surface area is 178 Å². The first-order chi connectivity index (χ1) is 13.8. The van der Waals surface area contributed by atoms with Gasteiger partial charge in [-0.05, 0) is 25.5 Å². The van der Waals surface area contributed by atoms with Crippen LogP contribution in [0.2, 0.25) is 0 Å². The van der Waals surface area contributed by atoms with E-state index < -0.39 is 36.4 Å². The Bertz CT molecular complexity index is 882. The summed E-state index contributed by atoms with van der Waals surface area (Å²) in [5.74, 6) is -1.53. The van der Waals surface area contributed by atoms with Gasteiger partial charge in [-0.15, -0.1) is 0 Å². The van der Waals surface area contributed by atoms with Crippen LogP contribution < -0.4 is 0 Å². The molecular weight excluding hydrogens is 461 g/mol. The lowest BCUT2D eigenvalue weighted by atomic mass is 9.91. The normalized spacial score (nSPS) is 13.6. The van der Waals surface area contributed by atoms with Crippen molar-refractivity contribution in [3.63, 3.8) is 0 Å². The van der Waals surface area contributed by atoms with Crippen molar-refractivity contribution in [3.8, 4) is 0 Å². The summed E-state index contributed by atoms with van der Waals surface area (Å²) in [5, 5.41) is 11.5. The van der Waals surface area contributed by atoms with Gasteiger partial charge in [0.2, 0.25) is 6.54 Å². The van der Waals surface area contributed by atoms with Crippen LogP contribution in [0.25, 0.3) is 0 Å². The van der Waals surface area contributed by atoms with E-state index in [9.17, 15) is 19.5 Å². The fourth-order valence-electron chi connectivity index (χ4n) is 3.18. The maximum Gasteiger partial charge on any atom is 0.342 e. The van der Waals surface area contributed by atoms with Gasteiger partial charge in [0.1, 0.15) is 5.66 Å². The predicted molar refractivity (Wildman–Crippen MR) is 114 cm³/mol. The third kappa shape index (κ3) is 5.82. The minimum atomic E-state index is -4.02. The molecule has 0 saturated heterocycles. The highest BCUT2D eigenvalue weighted by molar-refractivity contribution is 9.10. The van der Waals surface area contributed by atoms with E-state index in [-0.39, 0.29) is 18.8 Å². The molecule has 2 aromatic rings. The van der Waals surface area contributed by atoms with Gasteiger partial charge in [-0.1, -0.05) is 64.5 Å². The van der Waals surface area contributed by atoms with Gasteiger partial charge in [0.05, 0.1) is 19.1 Å². The average Bonchev–Trinajstić information content (AvgIpc) is 2.68. The number of carbonyl (C=O) groups excluding carboxylic acids is 1. The maximum atomic E-state index is 13.7. The van der Waals surface area contributed by atoms with Crippen LogP contribution in [0.5, 0.6) is 0 Å². The number of hydrogen-bond donors (Lipinski definition) is 0. The van der Waals surface area contributed by atoms with Gasteiger partial charge in [0, 0.05) is 15.0 Å². The van der Waals surface area contributed by atoms with Crippen LogP contribution >= 0.6 is 23.5 Å². The largest absolute Gasteiger partial charge is 0.342 e. The number of hydrogen-bond acceptors (Lipinski definition) is 6. The van der Waals surface area contributed by atoms with Crippen molar-refractivity contribution >= 4 is 29.3 Å². The van der Waals surface area contributed by atoms with Crippen LogP contribution in [-0.2, 0) is 13.6 Å². The molecule has 2 rings (SSSR count). The summed E-state index contributed by atoms with van der Waals surface area (Å²) >= 11 is 3.40. The molecule has 0 heterocycles. The second-order valence-corrected chi connectivity index (χ2v) is 9.20. The van der Waals surface area contributed by atoms with Gasteiger partial charge in [0.15, 0.2) is 5.78 Å². The van der Waals surface area contributed by atoms with Crippen molar-refractivity contribution in [1.82, 2.24) is 0 Å². The molecule has 0 bridgehead atoms. The highest BCUT2D eigenvalue weighted by Crippen LogP contribution is 2.58. The molecule has 0 saturated carbocycles. The summed E-state index contributed by atoms with van der Waals surface area (Å²) in [6.07, 6.45) is 0. The summed E-state index contributed by atoms with van der Waals surface area (Å²) in [6.45, 7) is 2.75. The fourth-order valence-corrected chi connectivity index (χ4v) is 6.01. The van der Waals surface area contributed by atoms with Gasteiger partial charge in [-0.2, -0.15) is 0 Å². The van der Waals surface area contributed by atoms with Crippen molar-refractivity contribution < 1.29 is 23.3 Å². The second kappa shape index (κ2) is 10.8. The second-order valence-electron chi connectivity index (χ2n) is 6.19. The molecular formula is C20H23BrNO6P. The van der Waals surface area contributed by atoms with E-state index in [4.69, 9.17) is 9.05 Å². The van der Waals surface area contributed by atoms with Crippen LogP contribution in [0.4, 0.5) is 0 Å². The lowest BCUT2D eigenvalue weighted by Gasteiger charge is -2.30. The molecule has 0 aliphatic carbocycles. The first-order valence-electron chi connectivity index (χ1n) is 9.18. The van der Waals surface area contributed by atoms with Crippen LogP contribution in [0.1, 0.15) is 35.7 Å². The molecule has 0 amide bonds. The fraction of sp³-hybridized carbons (Fsp3) is 0.350. The molecule has 156 valence electrons. The third-order valence-corrected chi connectivity index (χ3v) is 7.55. The average molecular weight is 484 g/mol. The predicted octanol–water partition coefficient (Wildman–Crippen LogP) is 5.33. The molecule has 0 aliphatic heterocycles. The highest BCUT2D eigenvalue weighted by Gasteiger charge is 2.49. The Balaban J connectivity index is 2.70. The minimum absolute atomic E-state index is 0.0387. The first-order valence-corrected chi connectivity index (χ1v) is 11.6. The van der Waals surface area contributed by atoms with Gasteiger partial charge in [-0.3, -0.25) is 19.5 Å². The van der Waals surface area contributed by atoms with E-state index >= 15 is 0 Å². The lowest BCUT2D eigenvalue weighted by Crippen LogP contribution is -2.34. The molecule has 0 unspecified atom stereocenters. The van der Waals surface area contributed by atoms with E-state index in [0.29, 0.717) is 10.0 Å². The van der Waals surface area contributed by atoms with Crippen molar-refractivity contribution in [3.05, 3.63) is 80.3 Å². The van der Waals surface area contributed by atoms with Gasteiger partial charge in [0.25, 0.3) is 0 Å². The van der Waals surface area contributed by atoms with E-state index in [1.165, 1.54) is 0 Å². The Kier molecular flexibility index (Phi) is 8.71. The third-order valence-electron chi connectivity index (χ3n) is 4.32. The smallest absolute Gasteiger partial charge is 0.308 e. The van der Waals surface area contributed by atoms with E-state index in [0.717, 1.165) is 0 Å². The monoisotopic (exact) mass is 483 g/mol. The number of nitrogens with zero attached hydrogens (tertiary/aromatic N) is 1. The zero-order valence-corrected chi connectivity index (χ0v) is 18.7. The number of rotatable bonds is 11. The van der Waals surface area contributed by atoms with Crippen LogP contribution in [-0.4, -0.2) is 36.1 Å². The number of carbonyl (C=O) groups is 1. The van der Waals surface area contributed by atoms with E-state index in [1.807, 2.05) is 0 Å². The van der Waals surface area contributed by atoms with Crippen molar-refractivity contribution in [1.29, 1.82) is 0 Å². The molecule has 0 spiro atoms. The first kappa shape index (κ1) is 23.4. The maximum absolute atomic E-state index is 13.7. The molecule has 0 N–H and O–H groups in total. The zero-order chi connectivity index (χ0) is 21.4. The molecule has 0 aromatic heterocycles. The molecule has 9 heteroatoms. The van der Waals surface area contributed by atoms with Crippen LogP contribution in [0, 0.1) is 10.1 Å². The summed E-state index contributed by atoms with van der Waals surface area (Å²) in [4.78, 5) is 24.5. The number of nitro groups is 1. The number of Topliss-reactive ketones (excluding diaryl/α,β-unsaturated/α-hetero) is 1. The summed E-state index contributed by atoms with van der Waals surface area (Å²) < 4.78 is 25.3. The Hall–Kier alpha value is -1.86. The Morgan fingerprint density at radius 3 is 2.14 bits per heavy atom.